The molecule has 17 heavy (non-hydrogen) atoms. The first kappa shape index (κ1) is 13.1. The van der Waals surface area contributed by atoms with E-state index >= 15 is 0 Å². The van der Waals surface area contributed by atoms with Gasteiger partial charge in [0.25, 0.3) is 0 Å². The molecule has 3 atom stereocenters. The highest BCUT2D eigenvalue weighted by molar-refractivity contribution is 7.10. The van der Waals surface area contributed by atoms with Crippen LogP contribution in [0.3, 0.4) is 0 Å². The molecule has 3 unspecified atom stereocenters. The summed E-state index contributed by atoms with van der Waals surface area (Å²) in [6.07, 6.45) is 4.61. The largest absolute Gasteiger partial charge is 0.388 e. The van der Waals surface area contributed by atoms with Crippen molar-refractivity contribution in [2.75, 3.05) is 0 Å². The number of aliphatic hydroxyl groups excluding tert-OH is 1. The van der Waals surface area contributed by atoms with Gasteiger partial charge in [0.1, 0.15) is 0 Å². The Kier molecular flexibility index (Phi) is 4.60. The Hall–Kier alpha value is -0.380. The number of hydrogen-bond donors (Lipinski definition) is 2. The molecular formula is C14H23NOS. The van der Waals surface area contributed by atoms with E-state index in [4.69, 9.17) is 0 Å². The van der Waals surface area contributed by atoms with Crippen LogP contribution in [0.1, 0.15) is 50.5 Å². The monoisotopic (exact) mass is 253 g/mol. The van der Waals surface area contributed by atoms with Crippen LogP contribution in [0.2, 0.25) is 0 Å². The summed E-state index contributed by atoms with van der Waals surface area (Å²) in [6, 6.07) is 4.96. The summed E-state index contributed by atoms with van der Waals surface area (Å²) >= 11 is 1.63. The van der Waals surface area contributed by atoms with Crippen molar-refractivity contribution in [2.24, 2.45) is 5.92 Å². The molecular weight excluding hydrogens is 230 g/mol. The molecule has 1 fully saturated rings. The Balaban J connectivity index is 1.70. The van der Waals surface area contributed by atoms with Gasteiger partial charge in [-0.3, -0.25) is 0 Å². The molecule has 2 nitrogen and oxygen atoms in total. The van der Waals surface area contributed by atoms with E-state index in [1.807, 2.05) is 17.5 Å². The smallest absolute Gasteiger partial charge is 0.0896 e. The summed E-state index contributed by atoms with van der Waals surface area (Å²) < 4.78 is 0. The van der Waals surface area contributed by atoms with Gasteiger partial charge in [-0.15, -0.1) is 11.3 Å². The fourth-order valence-electron chi connectivity index (χ4n) is 2.41. The Morgan fingerprint density at radius 3 is 2.76 bits per heavy atom. The van der Waals surface area contributed by atoms with Crippen molar-refractivity contribution in [3.63, 3.8) is 0 Å². The first-order valence-electron chi connectivity index (χ1n) is 6.62. The van der Waals surface area contributed by atoms with Gasteiger partial charge in [-0.1, -0.05) is 18.9 Å². The highest BCUT2D eigenvalue weighted by Crippen LogP contribution is 2.33. The summed E-state index contributed by atoms with van der Waals surface area (Å²) in [5, 5.41) is 15.7. The molecule has 0 radical (unpaired) electrons. The van der Waals surface area contributed by atoms with Gasteiger partial charge in [0.05, 0.1) is 6.10 Å². The van der Waals surface area contributed by atoms with E-state index in [0.717, 1.165) is 17.2 Å². The van der Waals surface area contributed by atoms with Crippen LogP contribution in [-0.2, 0) is 0 Å². The molecule has 3 heteroatoms. The summed E-state index contributed by atoms with van der Waals surface area (Å²) in [7, 11) is 0. The lowest BCUT2D eigenvalue weighted by Gasteiger charge is -2.21. The van der Waals surface area contributed by atoms with Gasteiger partial charge in [0.15, 0.2) is 0 Å². The molecule has 0 bridgehead atoms. The van der Waals surface area contributed by atoms with Gasteiger partial charge in [-0.25, -0.2) is 0 Å². The minimum absolute atomic E-state index is 0.314. The Morgan fingerprint density at radius 2 is 2.18 bits per heavy atom. The number of hydrogen-bond acceptors (Lipinski definition) is 3. The van der Waals surface area contributed by atoms with E-state index in [-0.39, 0.29) is 6.10 Å². The molecule has 1 aromatic heterocycles. The molecule has 0 aliphatic heterocycles. The number of rotatable bonds is 7. The maximum absolute atomic E-state index is 10.1. The van der Waals surface area contributed by atoms with Gasteiger partial charge in [0, 0.05) is 17.0 Å². The second-order valence-corrected chi connectivity index (χ2v) is 6.39. The quantitative estimate of drug-likeness (QED) is 0.781. The number of nitrogens with one attached hydrogen (secondary N) is 1. The van der Waals surface area contributed by atoms with Gasteiger partial charge in [-0.05, 0) is 44.1 Å². The van der Waals surface area contributed by atoms with Gasteiger partial charge < -0.3 is 10.4 Å². The lowest BCUT2D eigenvalue weighted by Crippen LogP contribution is -2.35. The van der Waals surface area contributed by atoms with Crippen LogP contribution in [0.25, 0.3) is 0 Å². The SMILES string of the molecule is CC(CC1CC1)NC(C)CC(O)c1cccs1. The molecule has 1 aliphatic rings. The van der Waals surface area contributed by atoms with E-state index in [1.165, 1.54) is 19.3 Å². The zero-order chi connectivity index (χ0) is 12.3. The molecule has 0 amide bonds. The lowest BCUT2D eigenvalue weighted by atomic mass is 10.1. The Bertz CT molecular complexity index is 321. The van der Waals surface area contributed by atoms with Crippen molar-refractivity contribution in [2.45, 2.75) is 57.7 Å². The zero-order valence-corrected chi connectivity index (χ0v) is 11.5. The van der Waals surface area contributed by atoms with E-state index in [0.29, 0.717) is 12.1 Å². The molecule has 96 valence electrons. The summed E-state index contributed by atoms with van der Waals surface area (Å²) in [4.78, 5) is 1.08. The minimum atomic E-state index is -0.314. The van der Waals surface area contributed by atoms with Crippen LogP contribution in [0.5, 0.6) is 0 Å². The van der Waals surface area contributed by atoms with Crippen molar-refractivity contribution < 1.29 is 5.11 Å². The van der Waals surface area contributed by atoms with Gasteiger partial charge in [0.2, 0.25) is 0 Å². The molecule has 1 heterocycles. The fraction of sp³-hybridized carbons (Fsp3) is 0.714. The third kappa shape index (κ3) is 4.41. The molecule has 2 N–H and O–H groups in total. The third-order valence-corrected chi connectivity index (χ3v) is 4.37. The van der Waals surface area contributed by atoms with Crippen LogP contribution < -0.4 is 5.32 Å². The van der Waals surface area contributed by atoms with Crippen molar-refractivity contribution in [1.29, 1.82) is 0 Å². The number of thiophene rings is 1. The van der Waals surface area contributed by atoms with Gasteiger partial charge >= 0.3 is 0 Å². The van der Waals surface area contributed by atoms with Crippen molar-refractivity contribution in [3.05, 3.63) is 22.4 Å². The van der Waals surface area contributed by atoms with Crippen LogP contribution in [0.15, 0.2) is 17.5 Å². The van der Waals surface area contributed by atoms with Crippen molar-refractivity contribution in [3.8, 4) is 0 Å². The fourth-order valence-corrected chi connectivity index (χ4v) is 3.13. The van der Waals surface area contributed by atoms with E-state index in [9.17, 15) is 5.11 Å². The maximum Gasteiger partial charge on any atom is 0.0896 e. The van der Waals surface area contributed by atoms with E-state index in [1.54, 1.807) is 11.3 Å². The minimum Gasteiger partial charge on any atom is -0.388 e. The lowest BCUT2D eigenvalue weighted by molar-refractivity contribution is 0.155. The first-order valence-corrected chi connectivity index (χ1v) is 7.50. The second kappa shape index (κ2) is 5.98. The summed E-state index contributed by atoms with van der Waals surface area (Å²) in [5.41, 5.74) is 0. The summed E-state index contributed by atoms with van der Waals surface area (Å²) in [6.45, 7) is 4.42. The zero-order valence-electron chi connectivity index (χ0n) is 10.7. The van der Waals surface area contributed by atoms with E-state index < -0.39 is 0 Å². The molecule has 2 rings (SSSR count). The maximum atomic E-state index is 10.1. The Morgan fingerprint density at radius 1 is 1.41 bits per heavy atom. The molecule has 0 spiro atoms. The highest BCUT2D eigenvalue weighted by atomic mass is 32.1. The normalized spacial score (nSPS) is 21.1. The Labute approximate surface area is 108 Å². The molecule has 1 aromatic rings. The van der Waals surface area contributed by atoms with Crippen LogP contribution in [0, 0.1) is 5.92 Å². The standard InChI is InChI=1S/C14H23NOS/c1-10(8-12-5-6-12)15-11(2)9-13(16)14-4-3-7-17-14/h3-4,7,10-13,15-16H,5-6,8-9H2,1-2H3. The van der Waals surface area contributed by atoms with Crippen LogP contribution >= 0.6 is 11.3 Å². The molecule has 0 aromatic carbocycles. The van der Waals surface area contributed by atoms with Crippen LogP contribution in [0.4, 0.5) is 0 Å². The predicted octanol–water partition coefficient (Wildman–Crippen LogP) is 3.34. The van der Waals surface area contributed by atoms with Crippen molar-refractivity contribution in [1.82, 2.24) is 5.32 Å². The van der Waals surface area contributed by atoms with Crippen molar-refractivity contribution >= 4 is 11.3 Å². The van der Waals surface area contributed by atoms with E-state index in [2.05, 4.69) is 19.2 Å². The van der Waals surface area contributed by atoms with Crippen LogP contribution in [-0.4, -0.2) is 17.2 Å². The third-order valence-electron chi connectivity index (χ3n) is 3.40. The molecule has 0 saturated heterocycles. The van der Waals surface area contributed by atoms with Gasteiger partial charge in [-0.2, -0.15) is 0 Å². The second-order valence-electron chi connectivity index (χ2n) is 5.41. The first-order chi connectivity index (χ1) is 8.15. The average molecular weight is 253 g/mol. The summed E-state index contributed by atoms with van der Waals surface area (Å²) in [5.74, 6) is 0.965. The molecule has 1 aliphatic carbocycles. The highest BCUT2D eigenvalue weighted by Gasteiger charge is 2.24. The predicted molar refractivity (Wildman–Crippen MR) is 73.3 cm³/mol. The topological polar surface area (TPSA) is 32.3 Å². The number of aliphatic hydroxyl groups is 1. The average Bonchev–Trinajstić information content (AvgIpc) is 2.90. The molecule has 1 saturated carbocycles.